The lowest BCUT2D eigenvalue weighted by atomic mass is 9.93. The molecule has 3 aliphatic rings. The molecule has 1 aliphatic heterocycles. The van der Waals surface area contributed by atoms with Gasteiger partial charge < -0.3 is 20.7 Å². The Morgan fingerprint density at radius 3 is 2.64 bits per heavy atom. The molecule has 1 atom stereocenters. The van der Waals surface area contributed by atoms with Crippen molar-refractivity contribution in [1.82, 2.24) is 15.1 Å². The number of aryl methyl sites for hydroxylation is 1. The highest BCUT2D eigenvalue weighted by Gasteiger charge is 2.36. The highest BCUT2D eigenvalue weighted by molar-refractivity contribution is 7.80. The fraction of sp³-hybridized carbons (Fsp3) is 0.565. The van der Waals surface area contributed by atoms with Crippen molar-refractivity contribution in [2.45, 2.75) is 44.7 Å². The van der Waals surface area contributed by atoms with Gasteiger partial charge in [0.2, 0.25) is 5.91 Å². The first-order valence-electron chi connectivity index (χ1n) is 11.9. The molecule has 2 aromatic heterocycles. The molecule has 5 rings (SSSR count). The number of ether oxygens (including phenoxy) is 1. The molecule has 0 spiro atoms. The van der Waals surface area contributed by atoms with Gasteiger partial charge in [0.15, 0.2) is 10.8 Å². The first-order chi connectivity index (χ1) is 17.1. The third kappa shape index (κ3) is 5.66. The van der Waals surface area contributed by atoms with Gasteiger partial charge in [-0.05, 0) is 38.0 Å². The Morgan fingerprint density at radius 2 is 2.00 bits per heavy atom. The van der Waals surface area contributed by atoms with E-state index in [2.05, 4.69) is 21.0 Å². The number of thiocarbonyl (C=S) groups is 1. The number of nitrogens with zero attached hydrogens (tertiary/aromatic N) is 2. The smallest absolute Gasteiger partial charge is 0.435 e. The fourth-order valence-electron chi connectivity index (χ4n) is 4.13. The van der Waals surface area contributed by atoms with Gasteiger partial charge in [0, 0.05) is 44.9 Å². The fourth-order valence-corrected chi connectivity index (χ4v) is 5.56. The molecule has 0 bridgehead atoms. The summed E-state index contributed by atoms with van der Waals surface area (Å²) in [7, 11) is 1.41. The predicted molar refractivity (Wildman–Crippen MR) is 135 cm³/mol. The molecule has 13 heteroatoms. The first-order valence-corrected chi connectivity index (χ1v) is 13.1. The maximum Gasteiger partial charge on any atom is 0.435 e. The van der Waals surface area contributed by atoms with Gasteiger partial charge >= 0.3 is 6.18 Å². The normalized spacial score (nSPS) is 19.3. The molecule has 196 valence electrons. The Kier molecular flexibility index (Phi) is 6.70. The number of fused-ring (bicyclic) bond motifs is 1. The van der Waals surface area contributed by atoms with E-state index in [4.69, 9.17) is 17.0 Å². The van der Waals surface area contributed by atoms with Crippen molar-refractivity contribution < 1.29 is 28.9 Å². The van der Waals surface area contributed by atoms with Crippen LogP contribution in [0.5, 0.6) is 5.06 Å². The van der Waals surface area contributed by atoms with Gasteiger partial charge in [0.25, 0.3) is 5.91 Å². The Hall–Kier alpha value is -2.67. The average Bonchev–Trinajstić information content (AvgIpc) is 3.72. The minimum Gasteiger partial charge on any atom is -0.483 e. The van der Waals surface area contributed by atoms with Crippen LogP contribution in [0.25, 0.3) is 0 Å². The Morgan fingerprint density at radius 1 is 1.25 bits per heavy atom. The number of carbonyl (C=O) groups excluding carboxylic acids is 2. The Bertz CT molecular complexity index is 1210. The van der Waals surface area contributed by atoms with Crippen molar-refractivity contribution in [2.24, 2.45) is 24.8 Å². The van der Waals surface area contributed by atoms with Gasteiger partial charge in [-0.2, -0.15) is 18.3 Å². The van der Waals surface area contributed by atoms with Crippen LogP contribution in [-0.2, 0) is 24.4 Å². The van der Waals surface area contributed by atoms with Crippen LogP contribution < -0.4 is 20.7 Å². The second kappa shape index (κ2) is 9.66. The number of anilines is 2. The van der Waals surface area contributed by atoms with E-state index >= 15 is 0 Å². The van der Waals surface area contributed by atoms with Crippen LogP contribution >= 0.6 is 23.6 Å². The minimum absolute atomic E-state index is 0. The van der Waals surface area contributed by atoms with Crippen molar-refractivity contribution in [3.63, 3.8) is 0 Å². The Balaban J connectivity index is 0.00000320. The van der Waals surface area contributed by atoms with E-state index in [0.717, 1.165) is 42.0 Å². The molecule has 0 radical (unpaired) electrons. The van der Waals surface area contributed by atoms with Crippen LogP contribution in [0, 0.1) is 17.8 Å². The number of nitrogens with one attached hydrogen (secondary N) is 3. The molecule has 3 heterocycles. The molecule has 2 amide bonds. The van der Waals surface area contributed by atoms with Crippen molar-refractivity contribution in [3.05, 3.63) is 22.9 Å². The lowest BCUT2D eigenvalue weighted by Crippen LogP contribution is -2.30. The summed E-state index contributed by atoms with van der Waals surface area (Å²) in [6.45, 7) is 0.941. The SMILES string of the molecule is Cn1nc(C(F)(F)F)cc1NC(=S)CC1COc2sc(NC(=O)C3CC3)c(C(=O)NCC3CC3)c2C1.[HH]. The lowest BCUT2D eigenvalue weighted by Gasteiger charge is -2.24. The van der Waals surface area contributed by atoms with E-state index in [-0.39, 0.29) is 30.9 Å². The largest absolute Gasteiger partial charge is 0.483 e. The number of hydrogen-bond donors (Lipinski definition) is 3. The van der Waals surface area contributed by atoms with Crippen LogP contribution in [-0.4, -0.2) is 39.7 Å². The summed E-state index contributed by atoms with van der Waals surface area (Å²) >= 11 is 6.68. The number of halogens is 3. The van der Waals surface area contributed by atoms with Gasteiger partial charge in [0.1, 0.15) is 10.8 Å². The monoisotopic (exact) mass is 543 g/mol. The van der Waals surface area contributed by atoms with Gasteiger partial charge in [-0.15, -0.1) is 0 Å². The maximum atomic E-state index is 13.1. The summed E-state index contributed by atoms with van der Waals surface area (Å²) in [6, 6.07) is 0.914. The van der Waals surface area contributed by atoms with Gasteiger partial charge in [0.05, 0.1) is 17.2 Å². The number of carbonyl (C=O) groups is 2. The second-order valence-corrected chi connectivity index (χ2v) is 11.1. The number of hydrogen-bond acceptors (Lipinski definition) is 6. The van der Waals surface area contributed by atoms with Gasteiger partial charge in [-0.25, -0.2) is 0 Å². The predicted octanol–water partition coefficient (Wildman–Crippen LogP) is 4.62. The molecule has 36 heavy (non-hydrogen) atoms. The number of alkyl halides is 3. The van der Waals surface area contributed by atoms with E-state index in [0.29, 0.717) is 52.5 Å². The molecule has 0 aromatic carbocycles. The standard InChI is InChI=1S/C23H26F3N5O3S2.H2/c1-31-16(8-15(30-31)23(24,25)26)28-17(35)7-12-6-14-18(20(33)27-9-11-2-3-11)21(36-22(14)34-10-12)29-19(32)13-4-5-13;/h8,11-13H,2-7,9-10H2,1H3,(H,27,33)(H,28,35)(H,29,32);1H. The quantitative estimate of drug-likeness (QED) is 0.421. The summed E-state index contributed by atoms with van der Waals surface area (Å²) in [5.41, 5.74) is 0.176. The molecule has 1 unspecified atom stereocenters. The summed E-state index contributed by atoms with van der Waals surface area (Å²) in [6.07, 6.45) is 0.208. The second-order valence-electron chi connectivity index (χ2n) is 9.66. The topological polar surface area (TPSA) is 97.3 Å². The summed E-state index contributed by atoms with van der Waals surface area (Å²) in [5, 5.41) is 13.3. The molecule has 0 saturated heterocycles. The van der Waals surface area contributed by atoms with Crippen LogP contribution in [0.15, 0.2) is 6.07 Å². The molecular weight excluding hydrogens is 515 g/mol. The maximum absolute atomic E-state index is 13.1. The van der Waals surface area contributed by atoms with Gasteiger partial charge in [-0.3, -0.25) is 14.3 Å². The van der Waals surface area contributed by atoms with E-state index < -0.39 is 11.9 Å². The summed E-state index contributed by atoms with van der Waals surface area (Å²) in [4.78, 5) is 25.9. The first kappa shape index (κ1) is 25.0. The molecule has 3 N–H and O–H groups in total. The van der Waals surface area contributed by atoms with Crippen molar-refractivity contribution >= 4 is 51.2 Å². The van der Waals surface area contributed by atoms with E-state index in [1.165, 1.54) is 18.4 Å². The lowest BCUT2D eigenvalue weighted by molar-refractivity contribution is -0.141. The number of aromatic nitrogens is 2. The average molecular weight is 544 g/mol. The van der Waals surface area contributed by atoms with E-state index in [1.54, 1.807) is 0 Å². The van der Waals surface area contributed by atoms with Crippen LogP contribution in [0.2, 0.25) is 0 Å². The molecule has 2 saturated carbocycles. The molecular formula is C23H28F3N5O3S2. The zero-order valence-electron chi connectivity index (χ0n) is 19.5. The molecule has 2 aromatic rings. The zero-order valence-corrected chi connectivity index (χ0v) is 21.2. The van der Waals surface area contributed by atoms with E-state index in [9.17, 15) is 22.8 Å². The molecule has 8 nitrogen and oxygen atoms in total. The van der Waals surface area contributed by atoms with Crippen LogP contribution in [0.1, 0.15) is 55.1 Å². The minimum atomic E-state index is -4.55. The van der Waals surface area contributed by atoms with Gasteiger partial charge in [-0.1, -0.05) is 23.6 Å². The third-order valence-electron chi connectivity index (χ3n) is 6.48. The highest BCUT2D eigenvalue weighted by atomic mass is 32.1. The number of thiophene rings is 1. The molecule has 2 aliphatic carbocycles. The highest BCUT2D eigenvalue weighted by Crippen LogP contribution is 2.45. The molecule has 2 fully saturated rings. The van der Waals surface area contributed by atoms with Crippen molar-refractivity contribution in [3.8, 4) is 5.06 Å². The van der Waals surface area contributed by atoms with Crippen molar-refractivity contribution in [2.75, 3.05) is 23.8 Å². The third-order valence-corrected chi connectivity index (χ3v) is 7.81. The van der Waals surface area contributed by atoms with Crippen LogP contribution in [0.4, 0.5) is 24.0 Å². The Labute approximate surface area is 216 Å². The van der Waals surface area contributed by atoms with Crippen molar-refractivity contribution in [1.29, 1.82) is 0 Å². The zero-order chi connectivity index (χ0) is 25.6. The van der Waals surface area contributed by atoms with Crippen LogP contribution in [0.3, 0.4) is 0 Å². The summed E-state index contributed by atoms with van der Waals surface area (Å²) in [5.74, 6) is 0.236. The van der Waals surface area contributed by atoms with E-state index in [1.807, 2.05) is 0 Å². The summed E-state index contributed by atoms with van der Waals surface area (Å²) < 4.78 is 45.9. The number of rotatable bonds is 8. The number of amides is 2.